The summed E-state index contributed by atoms with van der Waals surface area (Å²) in [6.45, 7) is -0.431. The number of halogens is 3. The summed E-state index contributed by atoms with van der Waals surface area (Å²) in [5.41, 5.74) is 4.98. The van der Waals surface area contributed by atoms with Crippen LogP contribution < -0.4 is 16.4 Å². The number of rotatable bonds is 7. The Morgan fingerprint density at radius 1 is 1.47 bits per heavy atom. The predicted octanol–water partition coefficient (Wildman–Crippen LogP) is 0.170. The maximum Gasteiger partial charge on any atom is 0.400 e. The molecule has 0 aromatic heterocycles. The van der Waals surface area contributed by atoms with Crippen LogP contribution in [0, 0.1) is 5.92 Å². The van der Waals surface area contributed by atoms with Crippen molar-refractivity contribution in [3.05, 3.63) is 0 Å². The van der Waals surface area contributed by atoms with Crippen LogP contribution in [0.1, 0.15) is 19.3 Å². The fourth-order valence-electron chi connectivity index (χ4n) is 1.43. The van der Waals surface area contributed by atoms with E-state index in [4.69, 9.17) is 10.9 Å². The minimum Gasteiger partial charge on any atom is -0.409 e. The van der Waals surface area contributed by atoms with E-state index in [0.29, 0.717) is 0 Å². The molecule has 0 radical (unpaired) electrons. The molecule has 9 heteroatoms. The molecular formula is C10H17F3N4O2. The third-order valence-corrected chi connectivity index (χ3v) is 2.69. The van der Waals surface area contributed by atoms with Crippen LogP contribution in [0.3, 0.4) is 0 Å². The summed E-state index contributed by atoms with van der Waals surface area (Å²) in [7, 11) is 0. The Balaban J connectivity index is 2.26. The number of hydrogen-bond donors (Lipinski definition) is 4. The first-order chi connectivity index (χ1) is 8.84. The van der Waals surface area contributed by atoms with Gasteiger partial charge in [-0.2, -0.15) is 13.2 Å². The molecule has 5 N–H and O–H groups in total. The van der Waals surface area contributed by atoms with Gasteiger partial charge in [0.25, 0.3) is 0 Å². The van der Waals surface area contributed by atoms with Crippen LogP contribution >= 0.6 is 0 Å². The highest BCUT2D eigenvalue weighted by Crippen LogP contribution is 2.25. The Morgan fingerprint density at radius 2 is 2.11 bits per heavy atom. The minimum absolute atomic E-state index is 0.0945. The van der Waals surface area contributed by atoms with Gasteiger partial charge in [0.05, 0.1) is 0 Å². The molecule has 0 aromatic rings. The van der Waals surface area contributed by atoms with E-state index < -0.39 is 24.5 Å². The number of carbonyl (C=O) groups is 1. The smallest absolute Gasteiger partial charge is 0.400 e. The summed E-state index contributed by atoms with van der Waals surface area (Å²) >= 11 is 0. The molecule has 1 aliphatic rings. The lowest BCUT2D eigenvalue weighted by Crippen LogP contribution is -2.43. The molecule has 1 amide bonds. The van der Waals surface area contributed by atoms with Crippen LogP contribution in [0.4, 0.5) is 13.2 Å². The SMILES string of the molecule is NC(=NO)C(CNCCC(=O)NC1CC1)C(F)(F)F. The van der Waals surface area contributed by atoms with Gasteiger partial charge in [0, 0.05) is 25.6 Å². The Kier molecular flexibility index (Phi) is 5.40. The molecule has 110 valence electrons. The van der Waals surface area contributed by atoms with E-state index in [1.807, 2.05) is 0 Å². The summed E-state index contributed by atoms with van der Waals surface area (Å²) in [6.07, 6.45) is -2.59. The Hall–Kier alpha value is -1.51. The van der Waals surface area contributed by atoms with Crippen LogP contribution in [0.2, 0.25) is 0 Å². The third kappa shape index (κ3) is 5.77. The number of alkyl halides is 3. The Morgan fingerprint density at radius 3 is 2.58 bits per heavy atom. The lowest BCUT2D eigenvalue weighted by molar-refractivity contribution is -0.154. The van der Waals surface area contributed by atoms with Gasteiger partial charge >= 0.3 is 6.18 Å². The zero-order valence-corrected chi connectivity index (χ0v) is 10.2. The molecule has 19 heavy (non-hydrogen) atoms. The summed E-state index contributed by atoms with van der Waals surface area (Å²) in [6, 6.07) is 0.229. The van der Waals surface area contributed by atoms with E-state index in [9.17, 15) is 18.0 Å². The van der Waals surface area contributed by atoms with E-state index >= 15 is 0 Å². The number of nitrogens with zero attached hydrogens (tertiary/aromatic N) is 1. The van der Waals surface area contributed by atoms with Crippen molar-refractivity contribution < 1.29 is 23.2 Å². The van der Waals surface area contributed by atoms with Crippen molar-refractivity contribution >= 4 is 11.7 Å². The molecule has 0 heterocycles. The maximum absolute atomic E-state index is 12.5. The van der Waals surface area contributed by atoms with Crippen molar-refractivity contribution in [2.45, 2.75) is 31.5 Å². The molecule has 1 aliphatic carbocycles. The van der Waals surface area contributed by atoms with Crippen LogP contribution in [0.5, 0.6) is 0 Å². The van der Waals surface area contributed by atoms with Crippen LogP contribution in [-0.2, 0) is 4.79 Å². The zero-order chi connectivity index (χ0) is 14.5. The van der Waals surface area contributed by atoms with Gasteiger partial charge in [-0.1, -0.05) is 5.16 Å². The number of hydrogen-bond acceptors (Lipinski definition) is 4. The molecule has 0 aromatic carbocycles. The molecule has 0 bridgehead atoms. The average molecular weight is 282 g/mol. The Bertz CT molecular complexity index is 342. The highest BCUT2D eigenvalue weighted by molar-refractivity contribution is 5.83. The second-order valence-corrected chi connectivity index (χ2v) is 4.41. The second kappa shape index (κ2) is 6.60. The molecule has 1 fully saturated rings. The van der Waals surface area contributed by atoms with Crippen molar-refractivity contribution in [2.24, 2.45) is 16.8 Å². The molecule has 0 spiro atoms. The van der Waals surface area contributed by atoms with E-state index in [1.54, 1.807) is 0 Å². The first kappa shape index (κ1) is 15.5. The van der Waals surface area contributed by atoms with Crippen molar-refractivity contribution in [2.75, 3.05) is 13.1 Å². The second-order valence-electron chi connectivity index (χ2n) is 4.41. The monoisotopic (exact) mass is 282 g/mol. The summed E-state index contributed by atoms with van der Waals surface area (Å²) in [5, 5.41) is 15.9. The quantitative estimate of drug-likeness (QED) is 0.176. The van der Waals surface area contributed by atoms with Crippen molar-refractivity contribution in [3.8, 4) is 0 Å². The predicted molar refractivity (Wildman–Crippen MR) is 61.6 cm³/mol. The molecule has 0 aliphatic heterocycles. The topological polar surface area (TPSA) is 99.7 Å². The Labute approximate surface area is 108 Å². The van der Waals surface area contributed by atoms with Crippen LogP contribution in [0.25, 0.3) is 0 Å². The first-order valence-electron chi connectivity index (χ1n) is 5.88. The van der Waals surface area contributed by atoms with Crippen molar-refractivity contribution in [1.29, 1.82) is 0 Å². The number of oxime groups is 1. The molecule has 1 atom stereocenters. The normalized spacial score (nSPS) is 18.2. The minimum atomic E-state index is -4.60. The van der Waals surface area contributed by atoms with Gasteiger partial charge in [-0.3, -0.25) is 4.79 Å². The zero-order valence-electron chi connectivity index (χ0n) is 10.2. The number of amides is 1. The summed E-state index contributed by atoms with van der Waals surface area (Å²) < 4.78 is 37.6. The van der Waals surface area contributed by atoms with Gasteiger partial charge in [0.15, 0.2) is 5.84 Å². The lowest BCUT2D eigenvalue weighted by atomic mass is 10.1. The number of amidine groups is 1. The molecule has 6 nitrogen and oxygen atoms in total. The van der Waals surface area contributed by atoms with Crippen molar-refractivity contribution in [1.82, 2.24) is 10.6 Å². The highest BCUT2D eigenvalue weighted by Gasteiger charge is 2.42. The molecule has 1 rings (SSSR count). The van der Waals surface area contributed by atoms with Gasteiger partial charge < -0.3 is 21.6 Å². The molecular weight excluding hydrogens is 265 g/mol. The highest BCUT2D eigenvalue weighted by atomic mass is 19.4. The number of nitrogens with one attached hydrogen (secondary N) is 2. The summed E-state index contributed by atoms with van der Waals surface area (Å²) in [4.78, 5) is 11.3. The van der Waals surface area contributed by atoms with E-state index in [2.05, 4.69) is 15.8 Å². The van der Waals surface area contributed by atoms with Gasteiger partial charge in [-0.25, -0.2) is 0 Å². The van der Waals surface area contributed by atoms with Gasteiger partial charge in [-0.15, -0.1) is 0 Å². The van der Waals surface area contributed by atoms with Crippen molar-refractivity contribution in [3.63, 3.8) is 0 Å². The molecule has 0 saturated heterocycles. The fourth-order valence-corrected chi connectivity index (χ4v) is 1.43. The van der Waals surface area contributed by atoms with E-state index in [0.717, 1.165) is 12.8 Å². The fraction of sp³-hybridized carbons (Fsp3) is 0.800. The van der Waals surface area contributed by atoms with E-state index in [1.165, 1.54) is 0 Å². The summed E-state index contributed by atoms with van der Waals surface area (Å²) in [5.74, 6) is -3.16. The lowest BCUT2D eigenvalue weighted by Gasteiger charge is -2.19. The standard InChI is InChI=1S/C10H17F3N4O2/c11-10(12,13)7(9(14)17-19)5-15-4-3-8(18)16-6-1-2-6/h6-7,15,19H,1-5H2,(H2,14,17)(H,16,18). The molecule has 1 unspecified atom stereocenters. The van der Waals surface area contributed by atoms with Crippen LogP contribution in [0.15, 0.2) is 5.16 Å². The number of nitrogens with two attached hydrogens (primary N) is 1. The van der Waals surface area contributed by atoms with Gasteiger partial charge in [0.2, 0.25) is 5.91 Å². The third-order valence-electron chi connectivity index (χ3n) is 2.69. The largest absolute Gasteiger partial charge is 0.409 e. The number of carbonyl (C=O) groups excluding carboxylic acids is 1. The van der Waals surface area contributed by atoms with Gasteiger partial charge in [0.1, 0.15) is 5.92 Å². The van der Waals surface area contributed by atoms with Gasteiger partial charge in [-0.05, 0) is 12.8 Å². The molecule has 1 saturated carbocycles. The van der Waals surface area contributed by atoms with E-state index in [-0.39, 0.29) is 24.9 Å². The first-order valence-corrected chi connectivity index (χ1v) is 5.88. The average Bonchev–Trinajstić information content (AvgIpc) is 3.10. The van der Waals surface area contributed by atoms with Crippen LogP contribution in [-0.4, -0.2) is 42.3 Å². The maximum atomic E-state index is 12.5.